The van der Waals surface area contributed by atoms with E-state index >= 15 is 0 Å². The van der Waals surface area contributed by atoms with Crippen LogP contribution in [0.3, 0.4) is 0 Å². The van der Waals surface area contributed by atoms with E-state index in [1.54, 1.807) is 25.3 Å². The Bertz CT molecular complexity index is 1100. The average Bonchev–Trinajstić information content (AvgIpc) is 2.88. The minimum absolute atomic E-state index is 0.159. The molecule has 1 amide bonds. The lowest BCUT2D eigenvalue weighted by Crippen LogP contribution is -2.40. The topological polar surface area (TPSA) is 97.4 Å². The molecule has 2 aromatic carbocycles. The molecule has 34 heavy (non-hydrogen) atoms. The Kier molecular flexibility index (Phi) is 8.04. The first-order chi connectivity index (χ1) is 16.5. The van der Waals surface area contributed by atoms with Gasteiger partial charge in [-0.15, -0.1) is 0 Å². The highest BCUT2D eigenvalue weighted by molar-refractivity contribution is 7.89. The number of ether oxygens (including phenoxy) is 3. The number of para-hydroxylation sites is 1. The number of anilines is 2. The van der Waals surface area contributed by atoms with E-state index in [4.69, 9.17) is 14.2 Å². The van der Waals surface area contributed by atoms with Crippen LogP contribution >= 0.6 is 0 Å². The number of sulfonamides is 1. The Morgan fingerprint density at radius 2 is 1.68 bits per heavy atom. The fraction of sp³-hybridized carbons (Fsp3) is 0.458. The van der Waals surface area contributed by atoms with Gasteiger partial charge in [-0.25, -0.2) is 8.42 Å². The van der Waals surface area contributed by atoms with E-state index in [2.05, 4.69) is 10.2 Å². The van der Waals surface area contributed by atoms with Crippen molar-refractivity contribution < 1.29 is 27.4 Å². The number of nitrogens with one attached hydrogen (secondary N) is 1. The van der Waals surface area contributed by atoms with Crippen molar-refractivity contribution >= 4 is 27.3 Å². The van der Waals surface area contributed by atoms with E-state index in [1.807, 2.05) is 24.3 Å². The Labute approximate surface area is 200 Å². The number of hydrogen-bond donors (Lipinski definition) is 1. The summed E-state index contributed by atoms with van der Waals surface area (Å²) < 4.78 is 44.0. The molecule has 0 unspecified atom stereocenters. The van der Waals surface area contributed by atoms with Crippen molar-refractivity contribution in [3.05, 3.63) is 48.0 Å². The first kappa shape index (κ1) is 24.5. The van der Waals surface area contributed by atoms with Crippen LogP contribution < -0.4 is 15.0 Å². The molecule has 1 N–H and O–H groups in total. The van der Waals surface area contributed by atoms with E-state index in [1.165, 1.54) is 4.31 Å². The summed E-state index contributed by atoms with van der Waals surface area (Å²) in [5.41, 5.74) is 2.22. The summed E-state index contributed by atoms with van der Waals surface area (Å²) >= 11 is 0. The molecule has 0 radical (unpaired) electrons. The molecule has 0 bridgehead atoms. The summed E-state index contributed by atoms with van der Waals surface area (Å²) in [5, 5.41) is 2.96. The minimum atomic E-state index is -3.69. The van der Waals surface area contributed by atoms with Crippen LogP contribution in [-0.2, 0) is 30.7 Å². The molecule has 0 aliphatic carbocycles. The van der Waals surface area contributed by atoms with Gasteiger partial charge in [-0.05, 0) is 36.2 Å². The molecule has 2 aromatic rings. The number of aryl methyl sites for hydroxylation is 1. The third kappa shape index (κ3) is 5.69. The van der Waals surface area contributed by atoms with Crippen LogP contribution in [0.2, 0.25) is 0 Å². The quantitative estimate of drug-likeness (QED) is 0.607. The number of carbonyl (C=O) groups is 1. The lowest BCUT2D eigenvalue weighted by atomic mass is 10.1. The van der Waals surface area contributed by atoms with Crippen molar-refractivity contribution in [1.29, 1.82) is 0 Å². The predicted molar refractivity (Wildman–Crippen MR) is 129 cm³/mol. The van der Waals surface area contributed by atoms with Gasteiger partial charge >= 0.3 is 0 Å². The van der Waals surface area contributed by atoms with E-state index in [9.17, 15) is 13.2 Å². The summed E-state index contributed by atoms with van der Waals surface area (Å²) in [5.74, 6) is 0.546. The van der Waals surface area contributed by atoms with Crippen LogP contribution in [-0.4, -0.2) is 78.3 Å². The highest BCUT2D eigenvalue weighted by Crippen LogP contribution is 2.31. The SMILES string of the molecule is COc1ccccc1CCC(=O)Nc1cc(S(=O)(=O)N2CCOCC2)ccc1N1CCOCC1. The van der Waals surface area contributed by atoms with Gasteiger partial charge in [-0.1, -0.05) is 18.2 Å². The van der Waals surface area contributed by atoms with Crippen LogP contribution in [0, 0.1) is 0 Å². The van der Waals surface area contributed by atoms with Crippen LogP contribution in [0.25, 0.3) is 0 Å². The third-order valence-electron chi connectivity index (χ3n) is 6.02. The lowest BCUT2D eigenvalue weighted by Gasteiger charge is -2.31. The van der Waals surface area contributed by atoms with E-state index in [0.717, 1.165) is 17.0 Å². The van der Waals surface area contributed by atoms with Crippen LogP contribution in [0.15, 0.2) is 47.4 Å². The summed E-state index contributed by atoms with van der Waals surface area (Å²) in [6, 6.07) is 12.5. The number of hydrogen-bond acceptors (Lipinski definition) is 7. The molecule has 2 aliphatic heterocycles. The van der Waals surface area contributed by atoms with E-state index in [-0.39, 0.29) is 17.2 Å². The van der Waals surface area contributed by atoms with Crippen molar-refractivity contribution in [1.82, 2.24) is 4.31 Å². The van der Waals surface area contributed by atoms with Gasteiger partial charge < -0.3 is 24.4 Å². The van der Waals surface area contributed by atoms with Crippen molar-refractivity contribution in [3.63, 3.8) is 0 Å². The van der Waals surface area contributed by atoms with Crippen molar-refractivity contribution in [3.8, 4) is 5.75 Å². The predicted octanol–water partition coefficient (Wildman–Crippen LogP) is 2.12. The van der Waals surface area contributed by atoms with Gasteiger partial charge in [0.15, 0.2) is 0 Å². The fourth-order valence-corrected chi connectivity index (χ4v) is 5.60. The Morgan fingerprint density at radius 1 is 1.00 bits per heavy atom. The molecule has 184 valence electrons. The maximum Gasteiger partial charge on any atom is 0.243 e. The van der Waals surface area contributed by atoms with Gasteiger partial charge in [0.25, 0.3) is 0 Å². The van der Waals surface area contributed by atoms with Gasteiger partial charge in [-0.2, -0.15) is 4.31 Å². The molecule has 9 nitrogen and oxygen atoms in total. The molecule has 0 aromatic heterocycles. The van der Waals surface area contributed by atoms with Crippen LogP contribution in [0.5, 0.6) is 5.75 Å². The molecule has 0 spiro atoms. The number of benzene rings is 2. The summed E-state index contributed by atoms with van der Waals surface area (Å²) in [6.07, 6.45) is 0.748. The standard InChI is InChI=1S/C24H31N3O6S/c1-31-23-5-3-2-4-19(23)6-9-24(28)25-21-18-20(34(29,30)27-12-16-33-17-13-27)7-8-22(21)26-10-14-32-15-11-26/h2-5,7-8,18H,6,9-17H2,1H3,(H,25,28). The monoisotopic (exact) mass is 489 g/mol. The zero-order chi connectivity index (χ0) is 24.0. The zero-order valence-electron chi connectivity index (χ0n) is 19.4. The number of morpholine rings is 2. The summed E-state index contributed by atoms with van der Waals surface area (Å²) in [7, 11) is -2.08. The maximum atomic E-state index is 13.2. The average molecular weight is 490 g/mol. The number of amides is 1. The molecule has 0 saturated carbocycles. The molecule has 2 aliphatic rings. The van der Waals surface area contributed by atoms with Crippen molar-refractivity contribution in [2.75, 3.05) is 69.9 Å². The van der Waals surface area contributed by atoms with Gasteiger partial charge in [-0.3, -0.25) is 4.79 Å². The van der Waals surface area contributed by atoms with Gasteiger partial charge in [0.05, 0.1) is 49.8 Å². The number of nitrogens with zero attached hydrogens (tertiary/aromatic N) is 2. The minimum Gasteiger partial charge on any atom is -0.496 e. The molecule has 0 atom stereocenters. The summed E-state index contributed by atoms with van der Waals surface area (Å²) in [6.45, 7) is 3.86. The molecular formula is C24H31N3O6S. The number of carbonyl (C=O) groups excluding carboxylic acids is 1. The Morgan fingerprint density at radius 3 is 2.38 bits per heavy atom. The summed E-state index contributed by atoms with van der Waals surface area (Å²) in [4.78, 5) is 15.2. The maximum absolute atomic E-state index is 13.2. The molecule has 4 rings (SSSR count). The third-order valence-corrected chi connectivity index (χ3v) is 7.91. The first-order valence-electron chi connectivity index (χ1n) is 11.5. The van der Waals surface area contributed by atoms with Crippen molar-refractivity contribution in [2.24, 2.45) is 0 Å². The van der Waals surface area contributed by atoms with E-state index in [0.29, 0.717) is 64.7 Å². The molecular weight excluding hydrogens is 458 g/mol. The first-order valence-corrected chi connectivity index (χ1v) is 12.9. The lowest BCUT2D eigenvalue weighted by molar-refractivity contribution is -0.116. The Balaban J connectivity index is 1.56. The van der Waals surface area contributed by atoms with Gasteiger partial charge in [0.1, 0.15) is 5.75 Å². The normalized spacial score (nSPS) is 17.4. The highest BCUT2D eigenvalue weighted by atomic mass is 32.2. The van der Waals surface area contributed by atoms with Gasteiger partial charge in [0, 0.05) is 32.6 Å². The second kappa shape index (κ2) is 11.2. The van der Waals surface area contributed by atoms with Crippen LogP contribution in [0.1, 0.15) is 12.0 Å². The second-order valence-corrected chi connectivity index (χ2v) is 10.1. The van der Waals surface area contributed by atoms with Crippen molar-refractivity contribution in [2.45, 2.75) is 17.7 Å². The highest BCUT2D eigenvalue weighted by Gasteiger charge is 2.28. The molecule has 2 heterocycles. The fourth-order valence-electron chi connectivity index (χ4n) is 4.16. The molecule has 2 fully saturated rings. The van der Waals surface area contributed by atoms with Gasteiger partial charge in [0.2, 0.25) is 15.9 Å². The largest absolute Gasteiger partial charge is 0.496 e. The molecule has 10 heteroatoms. The number of rotatable bonds is 8. The second-order valence-electron chi connectivity index (χ2n) is 8.15. The number of methoxy groups -OCH3 is 1. The Hall–Kier alpha value is -2.66. The zero-order valence-corrected chi connectivity index (χ0v) is 20.2. The molecule has 2 saturated heterocycles. The van der Waals surface area contributed by atoms with Crippen LogP contribution in [0.4, 0.5) is 11.4 Å². The smallest absolute Gasteiger partial charge is 0.243 e. The van der Waals surface area contributed by atoms with E-state index < -0.39 is 10.0 Å².